The Bertz CT molecular complexity index is 641. The summed E-state index contributed by atoms with van der Waals surface area (Å²) in [7, 11) is 0. The summed E-state index contributed by atoms with van der Waals surface area (Å²) in [6, 6.07) is 16.4. The fourth-order valence-electron chi connectivity index (χ4n) is 2.36. The fourth-order valence-corrected chi connectivity index (χ4v) is 2.36. The Morgan fingerprint density at radius 3 is 2.39 bits per heavy atom. The van der Waals surface area contributed by atoms with Gasteiger partial charge in [-0.25, -0.2) is 0 Å². The van der Waals surface area contributed by atoms with Crippen molar-refractivity contribution in [1.29, 1.82) is 0 Å². The molecule has 0 atom stereocenters. The van der Waals surface area contributed by atoms with Crippen molar-refractivity contribution < 1.29 is 4.74 Å². The lowest BCUT2D eigenvalue weighted by molar-refractivity contribution is 0.480. The third kappa shape index (κ3) is 1.50. The van der Waals surface area contributed by atoms with Gasteiger partial charge in [-0.15, -0.1) is 0 Å². The van der Waals surface area contributed by atoms with Crippen LogP contribution in [0.3, 0.4) is 0 Å². The van der Waals surface area contributed by atoms with E-state index in [4.69, 9.17) is 4.74 Å². The molecular weight excluding hydrogens is 222 g/mol. The summed E-state index contributed by atoms with van der Waals surface area (Å²) in [6.07, 6.45) is 2.23. The van der Waals surface area contributed by atoms with Crippen molar-refractivity contribution in [2.45, 2.75) is 0 Å². The fraction of sp³-hybridized carbons (Fsp3) is 0.125. The predicted molar refractivity (Wildman–Crippen MR) is 72.4 cm³/mol. The standard InChI is InChI=1S/C16H13NO/c1-3-7-15-12(5-1)11-14(17-9-10-17)13-6-2-4-8-16(13)18-15/h1-8,11H,9-10H2. The average molecular weight is 235 g/mol. The number of rotatable bonds is 1. The highest BCUT2D eigenvalue weighted by atomic mass is 16.5. The van der Waals surface area contributed by atoms with E-state index in [9.17, 15) is 0 Å². The molecule has 0 amide bonds. The topological polar surface area (TPSA) is 12.2 Å². The molecule has 0 aromatic heterocycles. The molecular formula is C16H13NO. The molecule has 18 heavy (non-hydrogen) atoms. The summed E-state index contributed by atoms with van der Waals surface area (Å²) >= 11 is 0. The van der Waals surface area contributed by atoms with Crippen molar-refractivity contribution in [3.63, 3.8) is 0 Å². The Morgan fingerprint density at radius 2 is 1.56 bits per heavy atom. The Kier molecular flexibility index (Phi) is 1.97. The second-order valence-electron chi connectivity index (χ2n) is 4.65. The van der Waals surface area contributed by atoms with Gasteiger partial charge in [0.15, 0.2) is 0 Å². The molecule has 88 valence electrons. The zero-order valence-electron chi connectivity index (χ0n) is 9.97. The van der Waals surface area contributed by atoms with Crippen LogP contribution in [0.2, 0.25) is 0 Å². The first kappa shape index (κ1) is 9.77. The lowest BCUT2D eigenvalue weighted by Crippen LogP contribution is -1.96. The molecule has 0 N–H and O–H groups in total. The van der Waals surface area contributed by atoms with Crippen LogP contribution in [0.4, 0.5) is 0 Å². The molecule has 0 aliphatic carbocycles. The largest absolute Gasteiger partial charge is 0.456 e. The molecule has 2 heterocycles. The zero-order chi connectivity index (χ0) is 11.9. The maximum Gasteiger partial charge on any atom is 0.136 e. The molecule has 2 aromatic carbocycles. The van der Waals surface area contributed by atoms with Crippen molar-refractivity contribution in [2.75, 3.05) is 13.1 Å². The highest BCUT2D eigenvalue weighted by Crippen LogP contribution is 2.40. The van der Waals surface area contributed by atoms with E-state index >= 15 is 0 Å². The molecule has 0 bridgehead atoms. The zero-order valence-corrected chi connectivity index (χ0v) is 9.97. The van der Waals surface area contributed by atoms with Gasteiger partial charge in [0.25, 0.3) is 0 Å². The number of nitrogens with zero attached hydrogens (tertiary/aromatic N) is 1. The van der Waals surface area contributed by atoms with Crippen molar-refractivity contribution >= 4 is 11.8 Å². The molecule has 2 nitrogen and oxygen atoms in total. The van der Waals surface area contributed by atoms with E-state index in [2.05, 4.69) is 35.2 Å². The molecule has 4 rings (SSSR count). The van der Waals surface area contributed by atoms with Crippen molar-refractivity contribution in [3.05, 3.63) is 59.7 Å². The minimum absolute atomic E-state index is 0.932. The van der Waals surface area contributed by atoms with Gasteiger partial charge in [-0.1, -0.05) is 30.3 Å². The van der Waals surface area contributed by atoms with Crippen molar-refractivity contribution in [3.8, 4) is 11.5 Å². The first-order valence-corrected chi connectivity index (χ1v) is 6.25. The van der Waals surface area contributed by atoms with E-state index in [-0.39, 0.29) is 0 Å². The van der Waals surface area contributed by atoms with Crippen LogP contribution in [0.1, 0.15) is 11.1 Å². The molecule has 0 spiro atoms. The summed E-state index contributed by atoms with van der Waals surface area (Å²) in [5, 5.41) is 0. The maximum atomic E-state index is 6.03. The normalized spacial score (nSPS) is 16.0. The predicted octanol–water partition coefficient (Wildman–Crippen LogP) is 3.61. The van der Waals surface area contributed by atoms with Crippen LogP contribution in [0.5, 0.6) is 11.5 Å². The van der Waals surface area contributed by atoms with Crippen LogP contribution in [0.15, 0.2) is 48.5 Å². The number of fused-ring (bicyclic) bond motifs is 2. The SMILES string of the molecule is C1=C(N2CC2)c2ccccc2Oc2ccccc21. The van der Waals surface area contributed by atoms with Crippen molar-refractivity contribution in [1.82, 2.24) is 4.90 Å². The van der Waals surface area contributed by atoms with Crippen LogP contribution in [-0.4, -0.2) is 18.0 Å². The summed E-state index contributed by atoms with van der Waals surface area (Å²) in [5.74, 6) is 1.88. The Balaban J connectivity index is 1.97. The number of hydrogen-bond acceptors (Lipinski definition) is 2. The van der Waals surface area contributed by atoms with Crippen LogP contribution in [-0.2, 0) is 0 Å². The molecule has 1 fully saturated rings. The highest BCUT2D eigenvalue weighted by Gasteiger charge is 2.26. The monoisotopic (exact) mass is 235 g/mol. The Labute approximate surface area is 106 Å². The average Bonchev–Trinajstić information content (AvgIpc) is 3.23. The first-order valence-electron chi connectivity index (χ1n) is 6.25. The second-order valence-corrected chi connectivity index (χ2v) is 4.65. The van der Waals surface area contributed by atoms with E-state index in [1.54, 1.807) is 0 Å². The summed E-state index contributed by atoms with van der Waals surface area (Å²) in [6.45, 7) is 2.28. The molecule has 1 saturated heterocycles. The van der Waals surface area contributed by atoms with Gasteiger partial charge in [0.1, 0.15) is 11.5 Å². The van der Waals surface area contributed by atoms with E-state index in [0.717, 1.165) is 30.2 Å². The van der Waals surface area contributed by atoms with Gasteiger partial charge in [-0.2, -0.15) is 0 Å². The van der Waals surface area contributed by atoms with Gasteiger partial charge in [-0.3, -0.25) is 0 Å². The van der Waals surface area contributed by atoms with Gasteiger partial charge in [0.05, 0.1) is 0 Å². The lowest BCUT2D eigenvalue weighted by Gasteiger charge is -2.11. The maximum absolute atomic E-state index is 6.03. The minimum Gasteiger partial charge on any atom is -0.456 e. The number of ether oxygens (including phenoxy) is 1. The summed E-state index contributed by atoms with van der Waals surface area (Å²) in [4.78, 5) is 2.37. The lowest BCUT2D eigenvalue weighted by atomic mass is 10.1. The van der Waals surface area contributed by atoms with Crippen LogP contribution in [0.25, 0.3) is 11.8 Å². The molecule has 2 aliphatic heterocycles. The van der Waals surface area contributed by atoms with Crippen LogP contribution >= 0.6 is 0 Å². The van der Waals surface area contributed by atoms with E-state index in [1.165, 1.54) is 11.3 Å². The molecule has 2 aliphatic rings. The van der Waals surface area contributed by atoms with E-state index < -0.39 is 0 Å². The van der Waals surface area contributed by atoms with Gasteiger partial charge in [-0.05, 0) is 24.3 Å². The van der Waals surface area contributed by atoms with Crippen molar-refractivity contribution in [2.24, 2.45) is 0 Å². The van der Waals surface area contributed by atoms with Crippen LogP contribution < -0.4 is 4.74 Å². The Hall–Kier alpha value is -2.22. The molecule has 0 saturated carbocycles. The van der Waals surface area contributed by atoms with Gasteiger partial charge >= 0.3 is 0 Å². The van der Waals surface area contributed by atoms with Crippen LogP contribution in [0, 0.1) is 0 Å². The molecule has 0 radical (unpaired) electrons. The smallest absolute Gasteiger partial charge is 0.136 e. The third-order valence-electron chi connectivity index (χ3n) is 3.38. The molecule has 0 unspecified atom stereocenters. The quantitative estimate of drug-likeness (QED) is 0.700. The highest BCUT2D eigenvalue weighted by molar-refractivity contribution is 5.86. The number of para-hydroxylation sites is 2. The van der Waals surface area contributed by atoms with Gasteiger partial charge in [0.2, 0.25) is 0 Å². The molecule has 2 heteroatoms. The number of benzene rings is 2. The van der Waals surface area contributed by atoms with E-state index in [1.807, 2.05) is 24.3 Å². The van der Waals surface area contributed by atoms with E-state index in [0.29, 0.717) is 0 Å². The van der Waals surface area contributed by atoms with Gasteiger partial charge < -0.3 is 9.64 Å². The second kappa shape index (κ2) is 3.64. The first-order chi connectivity index (χ1) is 8.92. The minimum atomic E-state index is 0.932. The Morgan fingerprint density at radius 1 is 0.833 bits per heavy atom. The number of hydrogen-bond donors (Lipinski definition) is 0. The summed E-state index contributed by atoms with van der Waals surface area (Å²) < 4.78 is 6.03. The van der Waals surface area contributed by atoms with Gasteiger partial charge in [0, 0.05) is 29.9 Å². The summed E-state index contributed by atoms with van der Waals surface area (Å²) in [5.41, 5.74) is 3.61. The molecule has 2 aromatic rings. The third-order valence-corrected chi connectivity index (χ3v) is 3.38.